The van der Waals surface area contributed by atoms with Crippen LogP contribution in [0.2, 0.25) is 0 Å². The molecule has 1 amide bonds. The predicted molar refractivity (Wildman–Crippen MR) is 104 cm³/mol. The number of amides is 1. The highest BCUT2D eigenvalue weighted by Gasteiger charge is 2.28. The van der Waals surface area contributed by atoms with E-state index >= 15 is 0 Å². The van der Waals surface area contributed by atoms with E-state index in [1.807, 2.05) is 29.2 Å². The Morgan fingerprint density at radius 2 is 2.14 bits per heavy atom. The van der Waals surface area contributed by atoms with Gasteiger partial charge >= 0.3 is 0 Å². The number of piperidine rings is 1. The summed E-state index contributed by atoms with van der Waals surface area (Å²) in [7, 11) is 3.27. The van der Waals surface area contributed by atoms with E-state index < -0.39 is 0 Å². The first-order valence-corrected chi connectivity index (χ1v) is 9.62. The fourth-order valence-corrected chi connectivity index (χ4v) is 3.43. The molecule has 7 nitrogen and oxygen atoms in total. The number of hydrogen-bond acceptors (Lipinski definition) is 6. The molecule has 2 aromatic rings. The van der Waals surface area contributed by atoms with Crippen molar-refractivity contribution in [3.63, 3.8) is 0 Å². The highest BCUT2D eigenvalue weighted by atomic mass is 16.5. The van der Waals surface area contributed by atoms with Crippen LogP contribution in [0.25, 0.3) is 0 Å². The van der Waals surface area contributed by atoms with Gasteiger partial charge in [-0.1, -0.05) is 18.2 Å². The lowest BCUT2D eigenvalue weighted by Gasteiger charge is -2.31. The number of methoxy groups -OCH3 is 2. The molecular formula is C21H28N2O5. The van der Waals surface area contributed by atoms with E-state index in [9.17, 15) is 4.79 Å². The monoisotopic (exact) mass is 388 g/mol. The second-order valence-electron chi connectivity index (χ2n) is 6.88. The summed E-state index contributed by atoms with van der Waals surface area (Å²) in [6, 6.07) is 7.88. The van der Waals surface area contributed by atoms with Crippen molar-refractivity contribution < 1.29 is 23.4 Å². The molecule has 7 heteroatoms. The Labute approximate surface area is 165 Å². The third-order valence-electron chi connectivity index (χ3n) is 4.91. The molecule has 1 atom stereocenters. The minimum atomic E-state index is 0.00149. The number of benzene rings is 1. The molecule has 0 bridgehead atoms. The van der Waals surface area contributed by atoms with Crippen LogP contribution in [0.15, 0.2) is 34.9 Å². The van der Waals surface area contributed by atoms with E-state index in [2.05, 4.69) is 4.98 Å². The fourth-order valence-electron chi connectivity index (χ4n) is 3.43. The number of para-hydroxylation sites is 1. The Bertz CT molecular complexity index is 761. The molecular weight excluding hydrogens is 360 g/mol. The van der Waals surface area contributed by atoms with Crippen molar-refractivity contribution in [2.45, 2.75) is 25.2 Å². The summed E-state index contributed by atoms with van der Waals surface area (Å²) in [6.45, 7) is 2.35. The minimum Gasteiger partial charge on any atom is -0.496 e. The van der Waals surface area contributed by atoms with Gasteiger partial charge in [-0.25, -0.2) is 4.98 Å². The summed E-state index contributed by atoms with van der Waals surface area (Å²) >= 11 is 0. The Hall–Kier alpha value is -2.38. The van der Waals surface area contributed by atoms with E-state index in [4.69, 9.17) is 18.6 Å². The van der Waals surface area contributed by atoms with Crippen LogP contribution in [0.4, 0.5) is 0 Å². The van der Waals surface area contributed by atoms with Crippen LogP contribution in [0.1, 0.15) is 36.0 Å². The molecule has 1 unspecified atom stereocenters. The van der Waals surface area contributed by atoms with Crippen LogP contribution in [0, 0.1) is 0 Å². The van der Waals surface area contributed by atoms with Gasteiger partial charge in [0, 0.05) is 32.2 Å². The largest absolute Gasteiger partial charge is 0.496 e. The first-order valence-electron chi connectivity index (χ1n) is 9.62. The zero-order valence-corrected chi connectivity index (χ0v) is 16.6. The van der Waals surface area contributed by atoms with Crippen LogP contribution in [-0.2, 0) is 20.7 Å². The Kier molecular flexibility index (Phi) is 7.45. The topological polar surface area (TPSA) is 74.0 Å². The lowest BCUT2D eigenvalue weighted by Crippen LogP contribution is -2.41. The molecule has 1 saturated heterocycles. The Balaban J connectivity index is 1.57. The average Bonchev–Trinajstić information content (AvgIpc) is 3.20. The molecule has 1 aliphatic heterocycles. The Morgan fingerprint density at radius 3 is 2.96 bits per heavy atom. The molecule has 0 aliphatic carbocycles. The highest BCUT2D eigenvalue weighted by Crippen LogP contribution is 2.28. The van der Waals surface area contributed by atoms with E-state index in [0.29, 0.717) is 32.1 Å². The van der Waals surface area contributed by atoms with Gasteiger partial charge in [-0.3, -0.25) is 4.79 Å². The van der Waals surface area contributed by atoms with E-state index in [1.54, 1.807) is 20.4 Å². The third kappa shape index (κ3) is 5.33. The van der Waals surface area contributed by atoms with Crippen molar-refractivity contribution in [3.05, 3.63) is 47.7 Å². The van der Waals surface area contributed by atoms with E-state index in [1.165, 1.54) is 0 Å². The molecule has 0 spiro atoms. The van der Waals surface area contributed by atoms with Crippen LogP contribution in [0.3, 0.4) is 0 Å². The van der Waals surface area contributed by atoms with Crippen LogP contribution < -0.4 is 4.74 Å². The van der Waals surface area contributed by atoms with Crippen molar-refractivity contribution in [2.24, 2.45) is 0 Å². The van der Waals surface area contributed by atoms with Gasteiger partial charge in [0.2, 0.25) is 5.91 Å². The van der Waals surface area contributed by atoms with Gasteiger partial charge in [0.25, 0.3) is 0 Å². The molecule has 1 aromatic carbocycles. The molecule has 1 aliphatic rings. The molecule has 1 aromatic heterocycles. The number of oxazole rings is 1. The molecule has 0 N–H and O–H groups in total. The number of nitrogens with zero attached hydrogens (tertiary/aromatic N) is 2. The van der Waals surface area contributed by atoms with Gasteiger partial charge < -0.3 is 23.5 Å². The van der Waals surface area contributed by atoms with Crippen LogP contribution in [-0.4, -0.2) is 62.9 Å². The number of aromatic nitrogens is 1. The molecule has 0 saturated carbocycles. The fraction of sp³-hybridized carbons (Fsp3) is 0.524. The van der Waals surface area contributed by atoms with Gasteiger partial charge in [0.15, 0.2) is 5.89 Å². The number of carbonyl (C=O) groups excluding carboxylic acids is 1. The van der Waals surface area contributed by atoms with E-state index in [0.717, 1.165) is 36.5 Å². The molecule has 28 heavy (non-hydrogen) atoms. The maximum atomic E-state index is 12.4. The lowest BCUT2D eigenvalue weighted by atomic mass is 9.98. The molecule has 1 fully saturated rings. The molecule has 3 rings (SSSR count). The van der Waals surface area contributed by atoms with Crippen molar-refractivity contribution in [3.8, 4) is 5.75 Å². The summed E-state index contributed by atoms with van der Waals surface area (Å²) in [6.07, 6.45) is 4.29. The standard InChI is InChI=1S/C21H28N2O5/c1-25-10-11-27-15-20(24)23-9-5-7-17(14-23)21-22-13-18(28-21)12-16-6-3-4-8-19(16)26-2/h3-4,6,8,13,17H,5,7,9-12,14-15H2,1-2H3. The summed E-state index contributed by atoms with van der Waals surface area (Å²) < 4.78 is 21.7. The smallest absolute Gasteiger partial charge is 0.248 e. The molecule has 152 valence electrons. The number of ether oxygens (including phenoxy) is 3. The van der Waals surface area contributed by atoms with Crippen molar-refractivity contribution in [1.29, 1.82) is 0 Å². The maximum Gasteiger partial charge on any atom is 0.248 e. The van der Waals surface area contributed by atoms with Crippen molar-refractivity contribution in [1.82, 2.24) is 9.88 Å². The average molecular weight is 388 g/mol. The summed E-state index contributed by atoms with van der Waals surface area (Å²) in [4.78, 5) is 18.7. The third-order valence-corrected chi connectivity index (χ3v) is 4.91. The lowest BCUT2D eigenvalue weighted by molar-refractivity contribution is -0.137. The van der Waals surface area contributed by atoms with E-state index in [-0.39, 0.29) is 18.4 Å². The zero-order chi connectivity index (χ0) is 19.8. The first kappa shape index (κ1) is 20.4. The normalized spacial score (nSPS) is 16.9. The zero-order valence-electron chi connectivity index (χ0n) is 16.6. The minimum absolute atomic E-state index is 0.00149. The summed E-state index contributed by atoms with van der Waals surface area (Å²) in [5.74, 6) is 2.45. The van der Waals surface area contributed by atoms with Gasteiger partial charge in [-0.05, 0) is 18.9 Å². The van der Waals surface area contributed by atoms with Crippen LogP contribution in [0.5, 0.6) is 5.75 Å². The number of likely N-dealkylation sites (tertiary alicyclic amines) is 1. The van der Waals surface area contributed by atoms with Crippen LogP contribution >= 0.6 is 0 Å². The SMILES string of the molecule is COCCOCC(=O)N1CCCC(c2ncc(Cc3ccccc3OC)o2)C1. The maximum absolute atomic E-state index is 12.4. The second-order valence-corrected chi connectivity index (χ2v) is 6.88. The quantitative estimate of drug-likeness (QED) is 0.615. The van der Waals surface area contributed by atoms with Gasteiger partial charge in [-0.2, -0.15) is 0 Å². The first-order chi connectivity index (χ1) is 13.7. The van der Waals surface area contributed by atoms with Crippen molar-refractivity contribution in [2.75, 3.05) is 47.1 Å². The predicted octanol–water partition coefficient (Wildman–Crippen LogP) is 2.64. The summed E-state index contributed by atoms with van der Waals surface area (Å²) in [5.41, 5.74) is 1.06. The number of rotatable bonds is 9. The number of hydrogen-bond donors (Lipinski definition) is 0. The Morgan fingerprint density at radius 1 is 1.29 bits per heavy atom. The van der Waals surface area contributed by atoms with Gasteiger partial charge in [0.05, 0.1) is 32.4 Å². The molecule has 2 heterocycles. The highest BCUT2D eigenvalue weighted by molar-refractivity contribution is 5.77. The van der Waals surface area contributed by atoms with Gasteiger partial charge in [-0.15, -0.1) is 0 Å². The van der Waals surface area contributed by atoms with Crippen molar-refractivity contribution >= 4 is 5.91 Å². The van der Waals surface area contributed by atoms with Gasteiger partial charge in [0.1, 0.15) is 18.1 Å². The summed E-state index contributed by atoms with van der Waals surface area (Å²) in [5, 5.41) is 0. The second kappa shape index (κ2) is 10.2. The number of carbonyl (C=O) groups is 1. The molecule has 0 radical (unpaired) electrons.